The topological polar surface area (TPSA) is 23.8 Å². The van der Waals surface area contributed by atoms with Gasteiger partial charge in [-0.05, 0) is 16.5 Å². The van der Waals surface area contributed by atoms with Crippen molar-refractivity contribution in [3.05, 3.63) is 47.0 Å². The smallest absolute Gasteiger partial charge is 0.0757 e. The number of benzene rings is 1. The van der Waals surface area contributed by atoms with Crippen LogP contribution in [0.25, 0.3) is 0 Å². The van der Waals surface area contributed by atoms with Crippen LogP contribution in [0, 0.1) is 11.3 Å². The molecule has 0 aliphatic rings. The molecule has 66 valence electrons. The molecule has 1 nitrogen and oxygen atoms in total. The number of nitriles is 1. The first-order valence-corrected chi connectivity index (χ1v) is 4.81. The van der Waals surface area contributed by atoms with Crippen LogP contribution >= 0.6 is 15.9 Å². The summed E-state index contributed by atoms with van der Waals surface area (Å²) in [6.45, 7) is 3.73. The average Bonchev–Trinajstić information content (AvgIpc) is 2.15. The summed E-state index contributed by atoms with van der Waals surface area (Å²) in [4.78, 5) is 0. The fraction of sp³-hybridized carbons (Fsp3) is 0.182. The van der Waals surface area contributed by atoms with Crippen LogP contribution in [0.1, 0.15) is 17.9 Å². The molecular weight excluding hydrogens is 226 g/mol. The Morgan fingerprint density at radius 2 is 2.08 bits per heavy atom. The number of nitrogens with zero attached hydrogens (tertiary/aromatic N) is 1. The Balaban J connectivity index is 2.80. The summed E-state index contributed by atoms with van der Waals surface area (Å²) in [5.41, 5.74) is 1.05. The van der Waals surface area contributed by atoms with Crippen molar-refractivity contribution >= 4 is 15.9 Å². The minimum atomic E-state index is -0.0897. The Hall–Kier alpha value is -1.07. The van der Waals surface area contributed by atoms with Crippen LogP contribution in [0.4, 0.5) is 0 Å². The molecular formula is C11H10BrN. The zero-order chi connectivity index (χ0) is 9.68. The molecule has 0 aliphatic carbocycles. The summed E-state index contributed by atoms with van der Waals surface area (Å²) in [5, 5.41) is 8.92. The Morgan fingerprint density at radius 3 is 2.54 bits per heavy atom. The molecule has 0 heterocycles. The van der Waals surface area contributed by atoms with Crippen LogP contribution in [0.5, 0.6) is 0 Å². The zero-order valence-corrected chi connectivity index (χ0v) is 8.79. The molecule has 1 atom stereocenters. The van der Waals surface area contributed by atoms with Gasteiger partial charge in [0, 0.05) is 0 Å². The summed E-state index contributed by atoms with van der Waals surface area (Å²) in [5.74, 6) is -0.0897. The second-order valence-corrected chi connectivity index (χ2v) is 3.94. The van der Waals surface area contributed by atoms with Crippen LogP contribution in [0.2, 0.25) is 0 Å². The van der Waals surface area contributed by atoms with Gasteiger partial charge >= 0.3 is 0 Å². The van der Waals surface area contributed by atoms with Gasteiger partial charge in [-0.25, -0.2) is 0 Å². The second kappa shape index (κ2) is 4.84. The summed E-state index contributed by atoms with van der Waals surface area (Å²) >= 11 is 3.27. The van der Waals surface area contributed by atoms with Crippen LogP contribution in [0.15, 0.2) is 41.4 Å². The molecule has 1 rings (SSSR count). The second-order valence-electron chi connectivity index (χ2n) is 2.81. The molecule has 13 heavy (non-hydrogen) atoms. The Morgan fingerprint density at radius 1 is 1.46 bits per heavy atom. The van der Waals surface area contributed by atoms with Crippen LogP contribution in [-0.4, -0.2) is 0 Å². The number of hydrogen-bond acceptors (Lipinski definition) is 1. The highest BCUT2D eigenvalue weighted by molar-refractivity contribution is 9.11. The minimum absolute atomic E-state index is 0.0897. The minimum Gasteiger partial charge on any atom is -0.198 e. The first-order chi connectivity index (χ1) is 6.24. The van der Waals surface area contributed by atoms with Crippen molar-refractivity contribution in [1.29, 1.82) is 5.26 Å². The molecule has 0 fully saturated rings. The number of rotatable bonds is 3. The molecule has 0 aromatic heterocycles. The first-order valence-electron chi connectivity index (χ1n) is 4.02. The molecule has 1 aromatic rings. The Labute approximate surface area is 86.8 Å². The van der Waals surface area contributed by atoms with Gasteiger partial charge in [0.05, 0.1) is 12.0 Å². The van der Waals surface area contributed by atoms with Gasteiger partial charge in [0.15, 0.2) is 0 Å². The van der Waals surface area contributed by atoms with Gasteiger partial charge < -0.3 is 0 Å². The lowest BCUT2D eigenvalue weighted by molar-refractivity contribution is 0.873. The van der Waals surface area contributed by atoms with Gasteiger partial charge in [-0.15, -0.1) is 0 Å². The van der Waals surface area contributed by atoms with E-state index in [1.165, 1.54) is 0 Å². The molecule has 0 amide bonds. The monoisotopic (exact) mass is 235 g/mol. The lowest BCUT2D eigenvalue weighted by atomic mass is 9.97. The van der Waals surface area contributed by atoms with E-state index >= 15 is 0 Å². The quantitative estimate of drug-likeness (QED) is 0.786. The van der Waals surface area contributed by atoms with Gasteiger partial charge in [0.2, 0.25) is 0 Å². The fourth-order valence-corrected chi connectivity index (χ4v) is 1.47. The first kappa shape index (κ1) is 10.0. The molecule has 0 saturated heterocycles. The maximum atomic E-state index is 8.92. The predicted molar refractivity (Wildman–Crippen MR) is 57.5 cm³/mol. The maximum Gasteiger partial charge on any atom is 0.0757 e. The van der Waals surface area contributed by atoms with E-state index in [0.29, 0.717) is 6.42 Å². The number of allylic oxidation sites excluding steroid dienone is 1. The lowest BCUT2D eigenvalue weighted by Crippen LogP contribution is -1.94. The SMILES string of the molecule is C=C(Br)CC(C#N)c1ccccc1. The van der Waals surface area contributed by atoms with Crippen LogP contribution in [-0.2, 0) is 0 Å². The van der Waals surface area contributed by atoms with Gasteiger partial charge in [0.1, 0.15) is 0 Å². The molecule has 0 bridgehead atoms. The van der Waals surface area contributed by atoms with E-state index in [9.17, 15) is 0 Å². The van der Waals surface area contributed by atoms with Gasteiger partial charge in [-0.3, -0.25) is 0 Å². The van der Waals surface area contributed by atoms with Gasteiger partial charge in [0.25, 0.3) is 0 Å². The van der Waals surface area contributed by atoms with Crippen molar-refractivity contribution < 1.29 is 0 Å². The number of halogens is 1. The van der Waals surface area contributed by atoms with E-state index in [4.69, 9.17) is 5.26 Å². The Bertz CT molecular complexity index is 324. The van der Waals surface area contributed by atoms with E-state index in [0.717, 1.165) is 10.0 Å². The summed E-state index contributed by atoms with van der Waals surface area (Å²) < 4.78 is 0.864. The molecule has 2 heteroatoms. The average molecular weight is 236 g/mol. The van der Waals surface area contributed by atoms with Crippen LogP contribution in [0.3, 0.4) is 0 Å². The van der Waals surface area contributed by atoms with Crippen molar-refractivity contribution in [2.45, 2.75) is 12.3 Å². The van der Waals surface area contributed by atoms with Crippen molar-refractivity contribution in [3.8, 4) is 6.07 Å². The Kier molecular flexibility index (Phi) is 3.72. The highest BCUT2D eigenvalue weighted by Gasteiger charge is 2.09. The van der Waals surface area contributed by atoms with Crippen molar-refractivity contribution in [3.63, 3.8) is 0 Å². The molecule has 0 N–H and O–H groups in total. The van der Waals surface area contributed by atoms with Gasteiger partial charge in [-0.2, -0.15) is 5.26 Å². The van der Waals surface area contributed by atoms with Crippen molar-refractivity contribution in [2.75, 3.05) is 0 Å². The summed E-state index contributed by atoms with van der Waals surface area (Å²) in [7, 11) is 0. The molecule has 1 unspecified atom stereocenters. The van der Waals surface area contributed by atoms with Crippen molar-refractivity contribution in [1.82, 2.24) is 0 Å². The summed E-state index contributed by atoms with van der Waals surface area (Å²) in [6.07, 6.45) is 0.667. The van der Waals surface area contributed by atoms with Crippen molar-refractivity contribution in [2.24, 2.45) is 0 Å². The van der Waals surface area contributed by atoms with Crippen LogP contribution < -0.4 is 0 Å². The highest BCUT2D eigenvalue weighted by Crippen LogP contribution is 2.24. The van der Waals surface area contributed by atoms with Gasteiger partial charge in [-0.1, -0.05) is 52.8 Å². The third-order valence-electron chi connectivity index (χ3n) is 1.78. The number of hydrogen-bond donors (Lipinski definition) is 0. The predicted octanol–water partition coefficient (Wildman–Crippen LogP) is 3.59. The molecule has 0 aliphatic heterocycles. The standard InChI is InChI=1S/C11H10BrN/c1-9(12)7-11(8-13)10-5-3-2-4-6-10/h2-6,11H,1,7H2. The maximum absolute atomic E-state index is 8.92. The molecule has 0 saturated carbocycles. The normalized spacial score (nSPS) is 11.7. The third-order valence-corrected chi connectivity index (χ3v) is 2.11. The van der Waals surface area contributed by atoms with E-state index in [1.54, 1.807) is 0 Å². The zero-order valence-electron chi connectivity index (χ0n) is 7.20. The van der Waals surface area contributed by atoms with E-state index in [1.807, 2.05) is 30.3 Å². The van der Waals surface area contributed by atoms with E-state index in [2.05, 4.69) is 28.6 Å². The van der Waals surface area contributed by atoms with E-state index in [-0.39, 0.29) is 5.92 Å². The highest BCUT2D eigenvalue weighted by atomic mass is 79.9. The molecule has 0 radical (unpaired) electrons. The largest absolute Gasteiger partial charge is 0.198 e. The summed E-state index contributed by atoms with van der Waals surface area (Å²) in [6, 6.07) is 12.0. The third kappa shape index (κ3) is 3.04. The van der Waals surface area contributed by atoms with E-state index < -0.39 is 0 Å². The molecule has 1 aromatic carbocycles. The fourth-order valence-electron chi connectivity index (χ4n) is 1.14. The lowest BCUT2D eigenvalue weighted by Gasteiger charge is -2.07. The molecule has 0 spiro atoms.